The number of nitrogens with one attached hydrogen (secondary N) is 1. The first-order valence-electron chi connectivity index (χ1n) is 8.31. The lowest BCUT2D eigenvalue weighted by atomic mass is 9.70. The maximum absolute atomic E-state index is 10.8. The molecule has 4 nitrogen and oxygen atoms in total. The van der Waals surface area contributed by atoms with Gasteiger partial charge >= 0.3 is 0 Å². The zero-order valence-corrected chi connectivity index (χ0v) is 15.0. The Balaban J connectivity index is 2.33. The van der Waals surface area contributed by atoms with Crippen LogP contribution in [0.4, 0.5) is 0 Å². The number of hydrogen-bond donors (Lipinski definition) is 2. The lowest BCUT2D eigenvalue weighted by molar-refractivity contribution is 0.279. The van der Waals surface area contributed by atoms with Gasteiger partial charge in [-0.05, 0) is 22.8 Å². The van der Waals surface area contributed by atoms with Gasteiger partial charge in [0.05, 0.1) is 0 Å². The lowest BCUT2D eigenvalue weighted by Crippen LogP contribution is -2.25. The summed E-state index contributed by atoms with van der Waals surface area (Å²) in [6, 6.07) is 11.8. The fraction of sp³-hybridized carbons (Fsp3) is 0.400. The average Bonchev–Trinajstić information content (AvgIpc) is 2.91. The third kappa shape index (κ3) is 3.01. The van der Waals surface area contributed by atoms with E-state index in [1.807, 2.05) is 18.2 Å². The molecular formula is C20H25N3O. The van der Waals surface area contributed by atoms with Crippen molar-refractivity contribution in [1.82, 2.24) is 15.4 Å². The Morgan fingerprint density at radius 2 is 1.67 bits per heavy atom. The van der Waals surface area contributed by atoms with Gasteiger partial charge in [-0.3, -0.25) is 0 Å². The fourth-order valence-corrected chi connectivity index (χ4v) is 3.96. The molecule has 0 bridgehead atoms. The number of aromatic amines is 1. The molecule has 126 valence electrons. The molecule has 0 aliphatic rings. The van der Waals surface area contributed by atoms with Crippen molar-refractivity contribution in [1.29, 1.82) is 0 Å². The van der Waals surface area contributed by atoms with Crippen LogP contribution >= 0.6 is 0 Å². The number of aromatic hydroxyl groups is 1. The molecule has 1 aromatic heterocycles. The zero-order chi connectivity index (χ0) is 17.5. The predicted octanol–water partition coefficient (Wildman–Crippen LogP) is 5.04. The number of nitrogens with zero attached hydrogens (tertiary/aromatic N) is 2. The number of rotatable bonds is 3. The first-order valence-corrected chi connectivity index (χ1v) is 8.31. The van der Waals surface area contributed by atoms with Crippen molar-refractivity contribution in [3.05, 3.63) is 42.0 Å². The van der Waals surface area contributed by atoms with E-state index in [1.165, 1.54) is 0 Å². The molecule has 0 radical (unpaired) electrons. The molecule has 0 spiro atoms. The smallest absolute Gasteiger partial charge is 0.122 e. The molecule has 0 unspecified atom stereocenters. The van der Waals surface area contributed by atoms with Crippen molar-refractivity contribution in [2.45, 2.75) is 46.5 Å². The van der Waals surface area contributed by atoms with Crippen LogP contribution in [0.2, 0.25) is 0 Å². The summed E-state index contributed by atoms with van der Waals surface area (Å²) in [5, 5.41) is 22.0. The van der Waals surface area contributed by atoms with Gasteiger partial charge in [-0.2, -0.15) is 15.4 Å². The van der Waals surface area contributed by atoms with E-state index in [-0.39, 0.29) is 16.6 Å². The number of fused-ring (bicyclic) bond motifs is 1. The number of hydrogen-bond acceptors (Lipinski definition) is 3. The molecule has 0 aliphatic carbocycles. The number of phenols is 1. The van der Waals surface area contributed by atoms with Crippen LogP contribution in [0.3, 0.4) is 0 Å². The molecule has 3 aromatic rings. The Labute approximate surface area is 142 Å². The van der Waals surface area contributed by atoms with Crippen molar-refractivity contribution in [3.63, 3.8) is 0 Å². The van der Waals surface area contributed by atoms with Crippen LogP contribution < -0.4 is 0 Å². The molecular weight excluding hydrogens is 298 g/mol. The van der Waals surface area contributed by atoms with Crippen LogP contribution in [0.25, 0.3) is 22.2 Å². The molecule has 0 amide bonds. The summed E-state index contributed by atoms with van der Waals surface area (Å²) in [5.74, 6) is 0.282. The molecule has 4 heteroatoms. The Morgan fingerprint density at radius 1 is 1.00 bits per heavy atom. The van der Waals surface area contributed by atoms with Gasteiger partial charge in [0, 0.05) is 17.2 Å². The minimum Gasteiger partial charge on any atom is -0.508 e. The molecule has 24 heavy (non-hydrogen) atoms. The van der Waals surface area contributed by atoms with Crippen molar-refractivity contribution in [3.8, 4) is 16.9 Å². The normalized spacial score (nSPS) is 12.7. The molecule has 0 saturated carbocycles. The van der Waals surface area contributed by atoms with E-state index in [9.17, 15) is 5.11 Å². The molecule has 0 atom stereocenters. The summed E-state index contributed by atoms with van der Waals surface area (Å²) in [6.07, 6.45) is 0.941. The second-order valence-corrected chi connectivity index (χ2v) is 8.32. The van der Waals surface area contributed by atoms with Crippen molar-refractivity contribution in [2.75, 3.05) is 0 Å². The first-order chi connectivity index (χ1) is 11.2. The number of phenolic OH excluding ortho intramolecular Hbond substituents is 1. The van der Waals surface area contributed by atoms with Gasteiger partial charge in [0.2, 0.25) is 0 Å². The van der Waals surface area contributed by atoms with Crippen molar-refractivity contribution < 1.29 is 5.11 Å². The molecule has 1 heterocycles. The average molecular weight is 323 g/mol. The van der Waals surface area contributed by atoms with E-state index >= 15 is 0 Å². The minimum atomic E-state index is -0.208. The Kier molecular flexibility index (Phi) is 3.86. The Morgan fingerprint density at radius 3 is 2.29 bits per heavy atom. The summed E-state index contributed by atoms with van der Waals surface area (Å²) in [5.41, 5.74) is 4.36. The van der Waals surface area contributed by atoms with Gasteiger partial charge < -0.3 is 5.11 Å². The Bertz CT molecular complexity index is 858. The highest BCUT2D eigenvalue weighted by Crippen LogP contribution is 2.47. The lowest BCUT2D eigenvalue weighted by Gasteiger charge is -2.35. The van der Waals surface area contributed by atoms with Gasteiger partial charge in [0.25, 0.3) is 0 Å². The van der Waals surface area contributed by atoms with Crippen LogP contribution in [0, 0.1) is 5.41 Å². The summed E-state index contributed by atoms with van der Waals surface area (Å²) < 4.78 is 0. The molecule has 0 aliphatic heterocycles. The molecule has 3 rings (SSSR count). The minimum absolute atomic E-state index is 0.142. The van der Waals surface area contributed by atoms with E-state index in [2.05, 4.69) is 62.2 Å². The van der Waals surface area contributed by atoms with Crippen LogP contribution in [0.5, 0.6) is 5.75 Å². The monoisotopic (exact) mass is 323 g/mol. The number of benzene rings is 2. The largest absolute Gasteiger partial charge is 0.508 e. The third-order valence-corrected chi connectivity index (χ3v) is 4.30. The second-order valence-electron chi connectivity index (χ2n) is 8.32. The molecule has 0 saturated heterocycles. The van der Waals surface area contributed by atoms with E-state index < -0.39 is 0 Å². The number of aromatic nitrogens is 3. The summed E-state index contributed by atoms with van der Waals surface area (Å²) in [4.78, 5) is 0. The van der Waals surface area contributed by atoms with Crippen LogP contribution in [-0.2, 0) is 5.41 Å². The van der Waals surface area contributed by atoms with Gasteiger partial charge in [-0.25, -0.2) is 0 Å². The highest BCUT2D eigenvalue weighted by Gasteiger charge is 2.33. The fourth-order valence-electron chi connectivity index (χ4n) is 3.96. The predicted molar refractivity (Wildman–Crippen MR) is 98.1 cm³/mol. The van der Waals surface area contributed by atoms with E-state index in [1.54, 1.807) is 6.07 Å². The summed E-state index contributed by atoms with van der Waals surface area (Å²) in [7, 11) is 0. The quantitative estimate of drug-likeness (QED) is 0.709. The standard InChI is InChI=1S/C20H25N3O/c1-19(2,3)12-20(4,5)17-15(24)11-14-18(22-23-21-14)16(17)13-9-7-6-8-10-13/h6-11,24H,12H2,1-5H3,(H,21,22,23). The van der Waals surface area contributed by atoms with E-state index in [0.717, 1.165) is 28.6 Å². The maximum atomic E-state index is 10.8. The highest BCUT2D eigenvalue weighted by atomic mass is 16.3. The van der Waals surface area contributed by atoms with Gasteiger partial charge in [-0.15, -0.1) is 0 Å². The first kappa shape index (κ1) is 16.5. The van der Waals surface area contributed by atoms with Crippen molar-refractivity contribution >= 4 is 11.0 Å². The van der Waals surface area contributed by atoms with Gasteiger partial charge in [-0.1, -0.05) is 65.0 Å². The summed E-state index contributed by atoms with van der Waals surface area (Å²) in [6.45, 7) is 11.0. The molecule has 2 N–H and O–H groups in total. The van der Waals surface area contributed by atoms with Crippen molar-refractivity contribution in [2.24, 2.45) is 5.41 Å². The SMILES string of the molecule is CC(C)(C)CC(C)(C)c1c(O)cc2n[nH]nc2c1-c1ccccc1. The number of H-pyrrole nitrogens is 1. The van der Waals surface area contributed by atoms with Gasteiger partial charge in [0.15, 0.2) is 0 Å². The highest BCUT2D eigenvalue weighted by molar-refractivity contribution is 5.95. The van der Waals surface area contributed by atoms with Crippen LogP contribution in [0.1, 0.15) is 46.6 Å². The van der Waals surface area contributed by atoms with Crippen LogP contribution in [-0.4, -0.2) is 20.5 Å². The van der Waals surface area contributed by atoms with E-state index in [0.29, 0.717) is 5.52 Å². The van der Waals surface area contributed by atoms with Crippen LogP contribution in [0.15, 0.2) is 36.4 Å². The summed E-state index contributed by atoms with van der Waals surface area (Å²) >= 11 is 0. The third-order valence-electron chi connectivity index (χ3n) is 4.30. The topological polar surface area (TPSA) is 61.8 Å². The van der Waals surface area contributed by atoms with E-state index in [4.69, 9.17) is 0 Å². The molecule has 0 fully saturated rings. The second kappa shape index (κ2) is 5.62. The molecule has 2 aromatic carbocycles. The zero-order valence-electron chi connectivity index (χ0n) is 15.0. The Hall–Kier alpha value is -2.36. The van der Waals surface area contributed by atoms with Gasteiger partial charge in [0.1, 0.15) is 16.8 Å². The maximum Gasteiger partial charge on any atom is 0.122 e.